The molecule has 0 fully saturated rings. The van der Waals surface area contributed by atoms with Crippen LogP contribution in [0.2, 0.25) is 0 Å². The Labute approximate surface area is 170 Å². The van der Waals surface area contributed by atoms with Crippen LogP contribution < -0.4 is 10.7 Å². The van der Waals surface area contributed by atoms with E-state index < -0.39 is 16.3 Å². The second-order valence-electron chi connectivity index (χ2n) is 6.07. The molecule has 0 unspecified atom stereocenters. The molecule has 0 spiro atoms. The van der Waals surface area contributed by atoms with Gasteiger partial charge in [0.05, 0.1) is 4.92 Å². The number of aryl methyl sites for hydroxylation is 1. The molecule has 1 N–H and O–H groups in total. The third-order valence-corrected chi connectivity index (χ3v) is 5.04. The van der Waals surface area contributed by atoms with Crippen molar-refractivity contribution >= 4 is 23.4 Å². The number of carbonyl (C=O) groups excluding carboxylic acids is 1. The first kappa shape index (κ1) is 20.3. The van der Waals surface area contributed by atoms with Crippen molar-refractivity contribution in [3.05, 3.63) is 92.4 Å². The zero-order valence-electron chi connectivity index (χ0n) is 15.6. The minimum Gasteiger partial charge on any atom is -0.350 e. The van der Waals surface area contributed by atoms with Gasteiger partial charge < -0.3 is 5.32 Å². The summed E-state index contributed by atoms with van der Waals surface area (Å²) in [6.07, 6.45) is 0. The molecule has 8 nitrogen and oxygen atoms in total. The predicted molar refractivity (Wildman–Crippen MR) is 111 cm³/mol. The van der Waals surface area contributed by atoms with Gasteiger partial charge in [0.1, 0.15) is 5.69 Å². The number of nitro benzene ring substituents is 1. The third-order valence-electron chi connectivity index (χ3n) is 4.03. The van der Waals surface area contributed by atoms with Crippen LogP contribution in [0.25, 0.3) is 5.69 Å². The lowest BCUT2D eigenvalue weighted by Crippen LogP contribution is -2.33. The number of benzene rings is 2. The van der Waals surface area contributed by atoms with E-state index in [2.05, 4.69) is 10.4 Å². The third kappa shape index (κ3) is 4.88. The van der Waals surface area contributed by atoms with Crippen molar-refractivity contribution in [1.82, 2.24) is 15.1 Å². The molecule has 3 aromatic rings. The van der Waals surface area contributed by atoms with Crippen LogP contribution >= 0.6 is 11.8 Å². The Hall–Kier alpha value is -3.46. The van der Waals surface area contributed by atoms with Crippen molar-refractivity contribution in [3.63, 3.8) is 0 Å². The number of rotatable bonds is 7. The fourth-order valence-corrected chi connectivity index (χ4v) is 3.47. The second-order valence-corrected chi connectivity index (χ2v) is 7.24. The first-order valence-electron chi connectivity index (χ1n) is 8.78. The first-order valence-corrected chi connectivity index (χ1v) is 9.77. The average Bonchev–Trinajstić information content (AvgIpc) is 2.72. The zero-order chi connectivity index (χ0) is 20.8. The topological polar surface area (TPSA) is 107 Å². The summed E-state index contributed by atoms with van der Waals surface area (Å²) in [7, 11) is 0. The van der Waals surface area contributed by atoms with Gasteiger partial charge in [-0.05, 0) is 25.1 Å². The van der Waals surface area contributed by atoms with Crippen molar-refractivity contribution in [2.24, 2.45) is 0 Å². The lowest BCUT2D eigenvalue weighted by Gasteiger charge is -2.11. The van der Waals surface area contributed by atoms with Gasteiger partial charge in [0.15, 0.2) is 5.69 Å². The number of aromatic nitrogens is 2. The molecular weight excluding hydrogens is 392 g/mol. The number of nitrogens with one attached hydrogen (secondary N) is 1. The highest BCUT2D eigenvalue weighted by molar-refractivity contribution is 7.99. The molecule has 148 valence electrons. The van der Waals surface area contributed by atoms with Crippen LogP contribution in [0.3, 0.4) is 0 Å². The maximum Gasteiger partial charge on any atom is 0.294 e. The minimum atomic E-state index is -0.615. The molecule has 0 aliphatic carbocycles. The molecule has 1 amide bonds. The molecule has 0 radical (unpaired) electrons. The molecular formula is C20H18N4O4S. The van der Waals surface area contributed by atoms with Gasteiger partial charge in [0.2, 0.25) is 5.43 Å². The summed E-state index contributed by atoms with van der Waals surface area (Å²) in [5, 5.41) is 18.1. The Kier molecular flexibility index (Phi) is 6.40. The Morgan fingerprint density at radius 2 is 1.86 bits per heavy atom. The Morgan fingerprint density at radius 3 is 2.59 bits per heavy atom. The fourth-order valence-electron chi connectivity index (χ4n) is 2.68. The number of hydrogen-bond acceptors (Lipinski definition) is 6. The summed E-state index contributed by atoms with van der Waals surface area (Å²) in [6.45, 7) is 1.95. The summed E-state index contributed by atoms with van der Waals surface area (Å²) in [5.74, 6) is 0.0101. The highest BCUT2D eigenvalue weighted by atomic mass is 32.2. The summed E-state index contributed by atoms with van der Waals surface area (Å²) in [6, 6.07) is 17.0. The van der Waals surface area contributed by atoms with Crippen LogP contribution in [-0.2, 0) is 0 Å². The summed E-state index contributed by atoms with van der Waals surface area (Å²) >= 11 is 1.58. The number of amides is 1. The van der Waals surface area contributed by atoms with Gasteiger partial charge in [0, 0.05) is 35.0 Å². The predicted octanol–water partition coefficient (Wildman–Crippen LogP) is 2.97. The van der Waals surface area contributed by atoms with Gasteiger partial charge >= 0.3 is 0 Å². The van der Waals surface area contributed by atoms with Crippen molar-refractivity contribution in [1.29, 1.82) is 0 Å². The minimum absolute atomic E-state index is 0.169. The van der Waals surface area contributed by atoms with E-state index in [0.29, 0.717) is 18.0 Å². The van der Waals surface area contributed by atoms with E-state index in [1.165, 1.54) is 28.9 Å². The molecule has 29 heavy (non-hydrogen) atoms. The molecule has 0 aliphatic heterocycles. The Morgan fingerprint density at radius 1 is 1.17 bits per heavy atom. The molecule has 0 aliphatic rings. The number of hydrogen-bond donors (Lipinski definition) is 1. The average molecular weight is 410 g/mol. The van der Waals surface area contributed by atoms with E-state index in [1.54, 1.807) is 24.8 Å². The Bertz CT molecular complexity index is 1100. The summed E-state index contributed by atoms with van der Waals surface area (Å²) in [5.41, 5.74) is -0.439. The normalized spacial score (nSPS) is 10.5. The maximum atomic E-state index is 12.5. The van der Waals surface area contributed by atoms with E-state index in [1.807, 2.05) is 30.3 Å². The number of para-hydroxylation sites is 2. The fraction of sp³-hybridized carbons (Fsp3) is 0.150. The van der Waals surface area contributed by atoms with Crippen LogP contribution in [0.5, 0.6) is 0 Å². The molecule has 0 saturated carbocycles. The molecule has 1 aromatic heterocycles. The molecule has 3 rings (SSSR count). The van der Waals surface area contributed by atoms with E-state index in [9.17, 15) is 19.7 Å². The quantitative estimate of drug-likeness (QED) is 0.278. The van der Waals surface area contributed by atoms with Gasteiger partial charge in [-0.2, -0.15) is 5.10 Å². The van der Waals surface area contributed by atoms with Gasteiger partial charge in [-0.15, -0.1) is 11.8 Å². The maximum absolute atomic E-state index is 12.5. The van der Waals surface area contributed by atoms with Crippen LogP contribution in [0.1, 0.15) is 16.2 Å². The zero-order valence-corrected chi connectivity index (χ0v) is 16.4. The molecule has 0 atom stereocenters. The van der Waals surface area contributed by atoms with Crippen molar-refractivity contribution in [2.45, 2.75) is 11.8 Å². The van der Waals surface area contributed by atoms with Crippen LogP contribution in [-0.4, -0.2) is 32.9 Å². The molecule has 1 heterocycles. The van der Waals surface area contributed by atoms with Crippen molar-refractivity contribution in [3.8, 4) is 5.69 Å². The van der Waals surface area contributed by atoms with Gasteiger partial charge in [0.25, 0.3) is 11.6 Å². The molecule has 0 saturated heterocycles. The Balaban J connectivity index is 1.78. The van der Waals surface area contributed by atoms with Gasteiger partial charge in [-0.3, -0.25) is 19.7 Å². The van der Waals surface area contributed by atoms with E-state index in [-0.39, 0.29) is 17.1 Å². The lowest BCUT2D eigenvalue weighted by atomic mass is 10.2. The van der Waals surface area contributed by atoms with Gasteiger partial charge in [-0.25, -0.2) is 4.68 Å². The molecule has 2 aromatic carbocycles. The van der Waals surface area contributed by atoms with Crippen LogP contribution in [0.15, 0.2) is 70.4 Å². The van der Waals surface area contributed by atoms with Gasteiger partial charge in [-0.1, -0.05) is 30.3 Å². The summed E-state index contributed by atoms with van der Waals surface area (Å²) < 4.78 is 1.24. The van der Waals surface area contributed by atoms with Crippen molar-refractivity contribution in [2.75, 3.05) is 12.3 Å². The van der Waals surface area contributed by atoms with E-state index in [4.69, 9.17) is 0 Å². The lowest BCUT2D eigenvalue weighted by molar-refractivity contribution is -0.384. The second kappa shape index (κ2) is 9.16. The monoisotopic (exact) mass is 410 g/mol. The number of nitro groups is 1. The van der Waals surface area contributed by atoms with Crippen molar-refractivity contribution < 1.29 is 9.72 Å². The SMILES string of the molecule is Cc1cc(=O)c(C(=O)NCCSc2ccccc2)nn1-c1ccccc1[N+](=O)[O-]. The first-order chi connectivity index (χ1) is 14.0. The van der Waals surface area contributed by atoms with E-state index in [0.717, 1.165) is 4.90 Å². The molecule has 0 bridgehead atoms. The van der Waals surface area contributed by atoms with E-state index >= 15 is 0 Å². The highest BCUT2D eigenvalue weighted by Gasteiger charge is 2.19. The number of nitrogens with zero attached hydrogens (tertiary/aromatic N) is 3. The largest absolute Gasteiger partial charge is 0.350 e. The van der Waals surface area contributed by atoms with Crippen LogP contribution in [0.4, 0.5) is 5.69 Å². The number of thioether (sulfide) groups is 1. The molecule has 9 heteroatoms. The smallest absolute Gasteiger partial charge is 0.294 e. The number of carbonyl (C=O) groups is 1. The van der Waals surface area contributed by atoms with Crippen LogP contribution in [0, 0.1) is 17.0 Å². The standard InChI is InChI=1S/C20H18N4O4S/c1-14-13-18(25)19(20(26)21-11-12-29-15-7-3-2-4-8-15)22-23(14)16-9-5-6-10-17(16)24(27)28/h2-10,13H,11-12H2,1H3,(H,21,26). The highest BCUT2D eigenvalue weighted by Crippen LogP contribution is 2.22. The summed E-state index contributed by atoms with van der Waals surface area (Å²) in [4.78, 5) is 36.6.